The molecule has 0 aliphatic carbocycles. The highest BCUT2D eigenvalue weighted by atomic mass is 32.3. The summed E-state index contributed by atoms with van der Waals surface area (Å²) < 4.78 is 59.6. The lowest BCUT2D eigenvalue weighted by atomic mass is 9.99. The van der Waals surface area contributed by atoms with Gasteiger partial charge in [0.05, 0.1) is 19.8 Å². The number of aliphatic hydroxyl groups excluding tert-OH is 3. The second kappa shape index (κ2) is 55.1. The van der Waals surface area contributed by atoms with Crippen LogP contribution < -0.4 is 0 Å². The minimum atomic E-state index is -5.07. The van der Waals surface area contributed by atoms with Gasteiger partial charge in [0.2, 0.25) is 0 Å². The van der Waals surface area contributed by atoms with Crippen molar-refractivity contribution in [1.29, 1.82) is 0 Å². The van der Waals surface area contributed by atoms with E-state index in [9.17, 15) is 33.1 Å². The van der Waals surface area contributed by atoms with Gasteiger partial charge in [-0.2, -0.15) is 8.42 Å². The molecule has 6 atom stereocenters. The van der Waals surface area contributed by atoms with Crippen LogP contribution in [0.3, 0.4) is 0 Å². The zero-order chi connectivity index (χ0) is 56.7. The lowest BCUT2D eigenvalue weighted by Crippen LogP contribution is -2.60. The normalized spacial score (nSPS) is 18.9. The van der Waals surface area contributed by atoms with Crippen molar-refractivity contribution in [3.8, 4) is 0 Å². The molecule has 0 saturated carbocycles. The summed E-state index contributed by atoms with van der Waals surface area (Å²) in [5.41, 5.74) is 0. The van der Waals surface area contributed by atoms with Crippen molar-refractivity contribution < 1.29 is 56.2 Å². The minimum Gasteiger partial charge on any atom is -0.457 e. The van der Waals surface area contributed by atoms with Crippen molar-refractivity contribution in [2.45, 2.75) is 307 Å². The van der Waals surface area contributed by atoms with Crippen molar-refractivity contribution in [3.63, 3.8) is 0 Å². The lowest BCUT2D eigenvalue weighted by molar-refractivity contribution is -0.301. The summed E-state index contributed by atoms with van der Waals surface area (Å²) in [7, 11) is -5.07. The first kappa shape index (κ1) is 73.6. The zero-order valence-corrected chi connectivity index (χ0v) is 50.3. The van der Waals surface area contributed by atoms with E-state index in [4.69, 9.17) is 18.9 Å². The predicted octanol–water partition coefficient (Wildman–Crippen LogP) is 16.5. The molecular formula is C65H116O12S. The first-order valence-electron chi connectivity index (χ1n) is 31.7. The summed E-state index contributed by atoms with van der Waals surface area (Å²) in [6.45, 7) is 3.91. The molecule has 4 N–H and O–H groups in total. The first-order valence-corrected chi connectivity index (χ1v) is 33.1. The number of carbonyl (C=O) groups excluding carboxylic acids is 1. The number of allylic oxidation sites excluding steroid dienone is 12. The zero-order valence-electron chi connectivity index (χ0n) is 49.5. The number of hydrogen-bond acceptors (Lipinski definition) is 11. The number of ether oxygens (including phenoxy) is 4. The predicted molar refractivity (Wildman–Crippen MR) is 322 cm³/mol. The van der Waals surface area contributed by atoms with E-state index in [1.807, 2.05) is 0 Å². The molecule has 0 radical (unpaired) electrons. The van der Waals surface area contributed by atoms with Gasteiger partial charge >= 0.3 is 16.4 Å². The van der Waals surface area contributed by atoms with Crippen LogP contribution in [0.5, 0.6) is 0 Å². The van der Waals surface area contributed by atoms with E-state index in [1.165, 1.54) is 173 Å². The molecule has 1 fully saturated rings. The molecule has 0 spiro atoms. The Bertz CT molecular complexity index is 1630. The molecule has 0 aromatic heterocycles. The van der Waals surface area contributed by atoms with Gasteiger partial charge in [0.15, 0.2) is 6.29 Å². The average Bonchev–Trinajstić information content (AvgIpc) is 3.42. The smallest absolute Gasteiger partial charge is 0.397 e. The van der Waals surface area contributed by atoms with Crippen LogP contribution in [0.4, 0.5) is 0 Å². The van der Waals surface area contributed by atoms with Crippen LogP contribution >= 0.6 is 0 Å². The molecule has 78 heavy (non-hydrogen) atoms. The van der Waals surface area contributed by atoms with Gasteiger partial charge in [0, 0.05) is 13.0 Å². The number of rotatable bonds is 56. The van der Waals surface area contributed by atoms with Gasteiger partial charge in [-0.25, -0.2) is 4.18 Å². The van der Waals surface area contributed by atoms with Crippen LogP contribution in [-0.2, 0) is 38.3 Å². The topological polar surface area (TPSA) is 178 Å². The van der Waals surface area contributed by atoms with E-state index < -0.39 is 59.8 Å². The molecule has 1 aliphatic rings. The number of aliphatic hydroxyl groups is 3. The van der Waals surface area contributed by atoms with Crippen molar-refractivity contribution >= 4 is 16.4 Å². The molecule has 1 heterocycles. The quantitative estimate of drug-likeness (QED) is 0.0196. The standard InChI is InChI=1S/C65H116O12S/c1-3-5-7-9-11-13-15-17-19-21-23-25-27-29-31-33-35-37-39-41-43-45-47-49-51-53-55-73-57-59(58-74-65-63(69)64(77-78(70,71)72)62(68)60(56-66)76-65)75-61(67)54-52-50-48-46-44-42-40-38-36-34-32-30-28-26-24-22-20-18-16-14-12-10-8-6-4-2/h5,7,11,13,16-19,22-25,59-60,62-66,68-69H,3-4,6,8-10,12,14-15,20-21,26-58H2,1-2H3,(H,70,71,72)/b7-5-,13-11-,18-16-,19-17-,24-22-,25-23-. The Morgan fingerprint density at radius 1 is 0.500 bits per heavy atom. The maximum absolute atomic E-state index is 13.0. The lowest BCUT2D eigenvalue weighted by Gasteiger charge is -2.41. The number of unbranched alkanes of at least 4 members (excludes halogenated alkanes) is 31. The van der Waals surface area contributed by atoms with Crippen LogP contribution in [0.25, 0.3) is 0 Å². The maximum atomic E-state index is 13.0. The summed E-state index contributed by atoms with van der Waals surface area (Å²) in [5, 5.41) is 30.9. The van der Waals surface area contributed by atoms with Gasteiger partial charge < -0.3 is 34.3 Å². The second-order valence-electron chi connectivity index (χ2n) is 21.6. The summed E-state index contributed by atoms with van der Waals surface area (Å²) >= 11 is 0. The van der Waals surface area contributed by atoms with Gasteiger partial charge in [-0.3, -0.25) is 9.35 Å². The molecule has 0 aromatic rings. The van der Waals surface area contributed by atoms with Gasteiger partial charge in [0.25, 0.3) is 0 Å². The van der Waals surface area contributed by atoms with Crippen LogP contribution in [0, 0.1) is 0 Å². The fourth-order valence-electron chi connectivity index (χ4n) is 9.58. The molecule has 1 aliphatic heterocycles. The summed E-state index contributed by atoms with van der Waals surface area (Å²) in [6.07, 6.45) is 65.1. The highest BCUT2D eigenvalue weighted by Gasteiger charge is 2.48. The van der Waals surface area contributed by atoms with Crippen LogP contribution in [0.2, 0.25) is 0 Å². The molecule has 454 valence electrons. The van der Waals surface area contributed by atoms with E-state index in [2.05, 4.69) is 90.9 Å². The summed E-state index contributed by atoms with van der Waals surface area (Å²) in [4.78, 5) is 13.0. The molecule has 0 bridgehead atoms. The van der Waals surface area contributed by atoms with Gasteiger partial charge in [-0.15, -0.1) is 0 Å². The first-order chi connectivity index (χ1) is 38.1. The molecule has 12 nitrogen and oxygen atoms in total. The number of carbonyl (C=O) groups is 1. The Morgan fingerprint density at radius 3 is 1.29 bits per heavy atom. The van der Waals surface area contributed by atoms with Crippen LogP contribution in [-0.4, -0.2) is 97.5 Å². The molecule has 0 amide bonds. The van der Waals surface area contributed by atoms with E-state index >= 15 is 0 Å². The molecule has 0 aromatic carbocycles. The van der Waals surface area contributed by atoms with Gasteiger partial charge in [-0.1, -0.05) is 254 Å². The maximum Gasteiger partial charge on any atom is 0.397 e. The van der Waals surface area contributed by atoms with Gasteiger partial charge in [0.1, 0.15) is 30.5 Å². The highest BCUT2D eigenvalue weighted by Crippen LogP contribution is 2.26. The Morgan fingerprint density at radius 2 is 0.885 bits per heavy atom. The molecule has 1 rings (SSSR count). The summed E-state index contributed by atoms with van der Waals surface area (Å²) in [5.74, 6) is -0.398. The highest BCUT2D eigenvalue weighted by molar-refractivity contribution is 7.80. The Labute approximate surface area is 477 Å². The fourth-order valence-corrected chi connectivity index (χ4v) is 10.1. The summed E-state index contributed by atoms with van der Waals surface area (Å²) in [6, 6.07) is 0. The molecule has 6 unspecified atom stereocenters. The second-order valence-corrected chi connectivity index (χ2v) is 22.7. The van der Waals surface area contributed by atoms with Crippen molar-refractivity contribution in [3.05, 3.63) is 72.9 Å². The number of hydrogen-bond donors (Lipinski definition) is 4. The Balaban J connectivity index is 2.25. The van der Waals surface area contributed by atoms with Crippen LogP contribution in [0.15, 0.2) is 72.9 Å². The Kier molecular flexibility index (Phi) is 52.0. The monoisotopic (exact) mass is 1120 g/mol. The van der Waals surface area contributed by atoms with Crippen molar-refractivity contribution in [2.75, 3.05) is 26.4 Å². The van der Waals surface area contributed by atoms with E-state index in [0.29, 0.717) is 13.0 Å². The Hall–Kier alpha value is -2.46. The number of esters is 1. The van der Waals surface area contributed by atoms with E-state index in [1.54, 1.807) is 0 Å². The van der Waals surface area contributed by atoms with E-state index in [0.717, 1.165) is 70.6 Å². The fraction of sp³-hybridized carbons (Fsp3) is 0.800. The third kappa shape index (κ3) is 47.2. The molecule has 1 saturated heterocycles. The molecule has 13 heteroatoms. The third-order valence-corrected chi connectivity index (χ3v) is 14.8. The third-order valence-electron chi connectivity index (χ3n) is 14.3. The van der Waals surface area contributed by atoms with Crippen molar-refractivity contribution in [2.24, 2.45) is 0 Å². The molecular weight excluding hydrogens is 1000 g/mol. The average molecular weight is 1120 g/mol. The minimum absolute atomic E-state index is 0.0338. The van der Waals surface area contributed by atoms with Gasteiger partial charge in [-0.05, 0) is 83.5 Å². The van der Waals surface area contributed by atoms with Crippen LogP contribution in [0.1, 0.15) is 271 Å². The van der Waals surface area contributed by atoms with Crippen molar-refractivity contribution in [1.82, 2.24) is 0 Å². The van der Waals surface area contributed by atoms with E-state index in [-0.39, 0.29) is 19.6 Å². The SMILES string of the molecule is CC/C=C\C/C=C\C/C=C\C/C=C\CCCCCCCCCCCCCCCOCC(COC1OC(CO)C(O)C(OS(=O)(=O)O)C1O)OC(=O)CCCCCCCCCCCCCCC/C=C\C/C=C\CCCCCCC. The largest absolute Gasteiger partial charge is 0.457 e.